The normalized spacial score (nSPS) is 24.4. The number of rotatable bonds is 13. The number of alkyl carbamates (subject to hydrolysis) is 1. The number of ether oxygens (including phenoxy) is 2. The molecule has 1 amide bonds. The van der Waals surface area contributed by atoms with E-state index in [1.807, 2.05) is 6.07 Å². The summed E-state index contributed by atoms with van der Waals surface area (Å²) in [4.78, 5) is 23.1. The summed E-state index contributed by atoms with van der Waals surface area (Å²) in [6, 6.07) is 19.2. The molecule has 37 heavy (non-hydrogen) atoms. The van der Waals surface area contributed by atoms with Crippen LogP contribution < -0.4 is 5.32 Å². The van der Waals surface area contributed by atoms with Gasteiger partial charge in [0.05, 0.1) is 19.3 Å². The van der Waals surface area contributed by atoms with Gasteiger partial charge in [0.1, 0.15) is 0 Å². The Morgan fingerprint density at radius 3 is 2.57 bits per heavy atom. The van der Waals surface area contributed by atoms with E-state index in [0.717, 1.165) is 32.1 Å². The highest BCUT2D eigenvalue weighted by atomic mass is 16.6. The Bertz CT molecular complexity index is 1050. The Morgan fingerprint density at radius 2 is 1.84 bits per heavy atom. The third-order valence-corrected chi connectivity index (χ3v) is 7.92. The van der Waals surface area contributed by atoms with Crippen LogP contribution in [0.1, 0.15) is 57.4 Å². The lowest BCUT2D eigenvalue weighted by molar-refractivity contribution is -0.137. The molecule has 2 fully saturated rings. The van der Waals surface area contributed by atoms with Crippen molar-refractivity contribution >= 4 is 12.1 Å². The Balaban J connectivity index is 1.49. The number of benzene rings is 2. The number of carbonyl (C=O) groups is 2. The van der Waals surface area contributed by atoms with Crippen molar-refractivity contribution in [3.8, 4) is 11.1 Å². The standard InChI is InChI=1S/C31H39NO5/c1-2-3-19-32-30(35)36-21-26-27(13-9-4-5-10-14-29(33)34)31(20-28(26)37-22-31)25-17-15-24(16-18-25)23-11-7-6-8-12-23/h4,6-9,11-12,15-18,26-28H,2-3,5,10,13-14,19-22H2,1H3,(H,32,35)(H,33,34)/b9-4-/t26-,27-,28-,31-/m0/s1. The second-order valence-corrected chi connectivity index (χ2v) is 10.3. The highest BCUT2D eigenvalue weighted by molar-refractivity contribution is 5.67. The first-order valence-corrected chi connectivity index (χ1v) is 13.6. The van der Waals surface area contributed by atoms with E-state index < -0.39 is 5.97 Å². The second kappa shape index (κ2) is 12.9. The minimum absolute atomic E-state index is 0.0580. The van der Waals surface area contributed by atoms with Gasteiger partial charge >= 0.3 is 12.1 Å². The van der Waals surface area contributed by atoms with Gasteiger partial charge in [0, 0.05) is 24.3 Å². The molecule has 6 heteroatoms. The minimum Gasteiger partial charge on any atom is -0.481 e. The highest BCUT2D eigenvalue weighted by Crippen LogP contribution is 2.56. The Labute approximate surface area is 220 Å². The maximum absolute atomic E-state index is 12.3. The molecule has 4 rings (SSSR count). The lowest BCUT2D eigenvalue weighted by Crippen LogP contribution is -2.42. The minimum atomic E-state index is -0.758. The molecule has 198 valence electrons. The third kappa shape index (κ3) is 6.61. The zero-order chi connectivity index (χ0) is 26.1. The van der Waals surface area contributed by atoms with Gasteiger partial charge in [0.15, 0.2) is 0 Å². The number of hydrogen-bond acceptors (Lipinski definition) is 4. The molecule has 6 nitrogen and oxygen atoms in total. The first-order chi connectivity index (χ1) is 18.0. The number of unbranched alkanes of at least 4 members (excludes halogenated alkanes) is 2. The fraction of sp³-hybridized carbons (Fsp3) is 0.484. The largest absolute Gasteiger partial charge is 0.481 e. The van der Waals surface area contributed by atoms with Gasteiger partial charge in [-0.15, -0.1) is 0 Å². The summed E-state index contributed by atoms with van der Waals surface area (Å²) < 4.78 is 11.9. The fourth-order valence-corrected chi connectivity index (χ4v) is 5.92. The molecule has 0 radical (unpaired) electrons. The molecule has 2 N–H and O–H groups in total. The summed E-state index contributed by atoms with van der Waals surface area (Å²) in [7, 11) is 0. The average molecular weight is 506 g/mol. The Kier molecular flexibility index (Phi) is 9.40. The van der Waals surface area contributed by atoms with Crippen LogP contribution in [0.25, 0.3) is 11.1 Å². The molecular formula is C31H39NO5. The summed E-state index contributed by atoms with van der Waals surface area (Å²) in [5, 5.41) is 11.7. The monoisotopic (exact) mass is 505 g/mol. The molecule has 2 aliphatic rings. The molecule has 2 aromatic rings. The molecule has 0 aromatic heterocycles. The van der Waals surface area contributed by atoms with Gasteiger partial charge < -0.3 is 19.9 Å². The fourth-order valence-electron chi connectivity index (χ4n) is 5.92. The van der Waals surface area contributed by atoms with Crippen LogP contribution in [0.15, 0.2) is 66.7 Å². The summed E-state index contributed by atoms with van der Waals surface area (Å²) in [6.07, 6.45) is 9.26. The number of amides is 1. The average Bonchev–Trinajstić information content (AvgIpc) is 3.48. The van der Waals surface area contributed by atoms with Gasteiger partial charge in [-0.25, -0.2) is 4.79 Å². The number of carboxylic acid groups (broad SMARTS) is 1. The molecule has 4 atom stereocenters. The van der Waals surface area contributed by atoms with Crippen LogP contribution in [0.2, 0.25) is 0 Å². The van der Waals surface area contributed by atoms with E-state index in [1.54, 1.807) is 0 Å². The first-order valence-electron chi connectivity index (χ1n) is 13.6. The van der Waals surface area contributed by atoms with Crippen molar-refractivity contribution in [3.05, 3.63) is 72.3 Å². The van der Waals surface area contributed by atoms with Crippen LogP contribution in [-0.4, -0.2) is 43.0 Å². The van der Waals surface area contributed by atoms with Crippen molar-refractivity contribution < 1.29 is 24.2 Å². The van der Waals surface area contributed by atoms with Crippen LogP contribution >= 0.6 is 0 Å². The third-order valence-electron chi connectivity index (χ3n) is 7.92. The van der Waals surface area contributed by atoms with E-state index in [0.29, 0.717) is 26.2 Å². The van der Waals surface area contributed by atoms with Crippen LogP contribution in [0.4, 0.5) is 4.79 Å². The van der Waals surface area contributed by atoms with Gasteiger partial charge in [0.2, 0.25) is 0 Å². The van der Waals surface area contributed by atoms with Crippen LogP contribution in [0, 0.1) is 11.8 Å². The number of fused-ring (bicyclic) bond motifs is 2. The summed E-state index contributed by atoms with van der Waals surface area (Å²) >= 11 is 0. The molecule has 0 spiro atoms. The van der Waals surface area contributed by atoms with E-state index in [2.05, 4.69) is 72.9 Å². The Hall–Kier alpha value is -3.12. The lowest BCUT2D eigenvalue weighted by Gasteiger charge is -2.39. The molecule has 1 aliphatic heterocycles. The second-order valence-electron chi connectivity index (χ2n) is 10.3. The van der Waals surface area contributed by atoms with Crippen molar-refractivity contribution in [1.29, 1.82) is 0 Å². The van der Waals surface area contributed by atoms with Crippen LogP contribution in [0.3, 0.4) is 0 Å². The topological polar surface area (TPSA) is 84.9 Å². The Morgan fingerprint density at radius 1 is 1.08 bits per heavy atom. The molecule has 0 unspecified atom stereocenters. The van der Waals surface area contributed by atoms with Crippen molar-refractivity contribution in [3.63, 3.8) is 0 Å². The molecule has 2 bridgehead atoms. The van der Waals surface area contributed by atoms with Crippen molar-refractivity contribution in [1.82, 2.24) is 5.32 Å². The predicted octanol–water partition coefficient (Wildman–Crippen LogP) is 6.35. The lowest BCUT2D eigenvalue weighted by atomic mass is 9.69. The predicted molar refractivity (Wildman–Crippen MR) is 144 cm³/mol. The van der Waals surface area contributed by atoms with E-state index in [-0.39, 0.29) is 35.9 Å². The maximum Gasteiger partial charge on any atom is 0.407 e. The number of hydrogen-bond donors (Lipinski definition) is 2. The number of allylic oxidation sites excluding steroid dienone is 2. The smallest absolute Gasteiger partial charge is 0.407 e. The number of carbonyl (C=O) groups excluding carboxylic acids is 1. The maximum atomic E-state index is 12.3. The number of carboxylic acids is 1. The zero-order valence-corrected chi connectivity index (χ0v) is 21.7. The van der Waals surface area contributed by atoms with Gasteiger partial charge in [-0.1, -0.05) is 80.1 Å². The molecule has 2 aromatic carbocycles. The number of nitrogens with one attached hydrogen (secondary N) is 1. The van der Waals surface area contributed by atoms with Gasteiger partial charge in [-0.05, 0) is 54.7 Å². The van der Waals surface area contributed by atoms with Crippen molar-refractivity contribution in [2.45, 2.75) is 63.4 Å². The molecular weight excluding hydrogens is 466 g/mol. The van der Waals surface area contributed by atoms with E-state index in [4.69, 9.17) is 14.6 Å². The number of aliphatic carboxylic acids is 1. The van der Waals surface area contributed by atoms with Crippen molar-refractivity contribution in [2.24, 2.45) is 11.8 Å². The molecule has 1 aliphatic carbocycles. The SMILES string of the molecule is CCCCNC(=O)OC[C@@H]1[C@@H]2C[C@@](c3ccc(-c4ccccc4)cc3)(CO2)[C@H]1C/C=C\CCCC(=O)O. The quantitative estimate of drug-likeness (QED) is 0.245. The van der Waals surface area contributed by atoms with Crippen molar-refractivity contribution in [2.75, 3.05) is 19.8 Å². The highest BCUT2D eigenvalue weighted by Gasteiger charge is 2.59. The van der Waals surface area contributed by atoms with Gasteiger partial charge in [-0.2, -0.15) is 0 Å². The molecule has 1 heterocycles. The van der Waals surface area contributed by atoms with Crippen LogP contribution in [0.5, 0.6) is 0 Å². The molecule has 1 saturated carbocycles. The van der Waals surface area contributed by atoms with E-state index in [9.17, 15) is 9.59 Å². The molecule has 1 saturated heterocycles. The van der Waals surface area contributed by atoms with Crippen LogP contribution in [-0.2, 0) is 19.7 Å². The zero-order valence-electron chi connectivity index (χ0n) is 21.7. The van der Waals surface area contributed by atoms with E-state index >= 15 is 0 Å². The van der Waals surface area contributed by atoms with E-state index in [1.165, 1.54) is 16.7 Å². The summed E-state index contributed by atoms with van der Waals surface area (Å²) in [5.41, 5.74) is 3.53. The summed E-state index contributed by atoms with van der Waals surface area (Å²) in [5.74, 6) is -0.373. The first kappa shape index (κ1) is 26.9. The summed E-state index contributed by atoms with van der Waals surface area (Å²) in [6.45, 7) is 3.72. The van der Waals surface area contributed by atoms with Gasteiger partial charge in [-0.3, -0.25) is 4.79 Å². The van der Waals surface area contributed by atoms with Gasteiger partial charge in [0.25, 0.3) is 0 Å².